The van der Waals surface area contributed by atoms with Crippen LogP contribution in [-0.4, -0.2) is 42.7 Å². The first kappa shape index (κ1) is 14.8. The largest absolute Gasteiger partial charge is 0.392 e. The van der Waals surface area contributed by atoms with Crippen molar-refractivity contribution in [2.24, 2.45) is 0 Å². The Labute approximate surface area is 124 Å². The molecule has 0 amide bonds. The number of likely N-dealkylation sites (N-methyl/N-ethyl adjacent to an activating group) is 2. The molecule has 106 valence electrons. The van der Waals surface area contributed by atoms with Gasteiger partial charge in [0, 0.05) is 29.8 Å². The van der Waals surface area contributed by atoms with Crippen LogP contribution in [0.1, 0.15) is 25.3 Å². The molecule has 2 rings (SSSR count). The van der Waals surface area contributed by atoms with Gasteiger partial charge in [-0.05, 0) is 43.6 Å². The standard InChI is InChI=1S/C15H23BrN2O/c1-3-18-8-4-5-14(18)10-17(2)13-7-6-12(11-19)15(16)9-13/h6-7,9,14,19H,3-5,8,10-11H2,1-2H3. The minimum Gasteiger partial charge on any atom is -0.392 e. The Hall–Kier alpha value is -0.580. The Morgan fingerprint density at radius 3 is 2.89 bits per heavy atom. The summed E-state index contributed by atoms with van der Waals surface area (Å²) in [7, 11) is 2.15. The number of nitrogens with zero attached hydrogens (tertiary/aromatic N) is 2. The monoisotopic (exact) mass is 326 g/mol. The topological polar surface area (TPSA) is 26.7 Å². The van der Waals surface area contributed by atoms with Crippen molar-refractivity contribution in [1.82, 2.24) is 4.90 Å². The molecule has 0 radical (unpaired) electrons. The second-order valence-electron chi connectivity index (χ2n) is 5.24. The molecular formula is C15H23BrN2O. The highest BCUT2D eigenvalue weighted by Gasteiger charge is 2.24. The normalized spacial score (nSPS) is 19.9. The van der Waals surface area contributed by atoms with E-state index in [9.17, 15) is 5.11 Å². The summed E-state index contributed by atoms with van der Waals surface area (Å²) in [5.74, 6) is 0. The van der Waals surface area contributed by atoms with Gasteiger partial charge in [-0.3, -0.25) is 4.90 Å². The second-order valence-corrected chi connectivity index (χ2v) is 6.09. The van der Waals surface area contributed by atoms with Crippen LogP contribution in [0.4, 0.5) is 5.69 Å². The maximum Gasteiger partial charge on any atom is 0.0692 e. The Morgan fingerprint density at radius 1 is 1.47 bits per heavy atom. The highest BCUT2D eigenvalue weighted by Crippen LogP contribution is 2.25. The van der Waals surface area contributed by atoms with Crippen LogP contribution in [0.3, 0.4) is 0 Å². The third-order valence-electron chi connectivity index (χ3n) is 4.04. The van der Waals surface area contributed by atoms with E-state index in [1.807, 2.05) is 6.07 Å². The molecule has 3 nitrogen and oxygen atoms in total. The van der Waals surface area contributed by atoms with Crippen molar-refractivity contribution in [1.29, 1.82) is 0 Å². The first-order valence-electron chi connectivity index (χ1n) is 7.00. The fourth-order valence-electron chi connectivity index (χ4n) is 2.84. The molecule has 1 aliphatic heterocycles. The molecule has 1 N–H and O–H groups in total. The van der Waals surface area contributed by atoms with Gasteiger partial charge in [-0.15, -0.1) is 0 Å². The van der Waals surface area contributed by atoms with Crippen LogP contribution in [0, 0.1) is 0 Å². The van der Waals surface area contributed by atoms with Gasteiger partial charge >= 0.3 is 0 Å². The van der Waals surface area contributed by atoms with Gasteiger partial charge in [-0.25, -0.2) is 0 Å². The minimum atomic E-state index is 0.0802. The van der Waals surface area contributed by atoms with Crippen LogP contribution in [0.15, 0.2) is 22.7 Å². The van der Waals surface area contributed by atoms with Crippen molar-refractivity contribution in [3.05, 3.63) is 28.2 Å². The van der Waals surface area contributed by atoms with Crippen molar-refractivity contribution in [3.8, 4) is 0 Å². The maximum absolute atomic E-state index is 9.19. The number of aliphatic hydroxyl groups excluding tert-OH is 1. The summed E-state index contributed by atoms with van der Waals surface area (Å²) >= 11 is 3.52. The van der Waals surface area contributed by atoms with Gasteiger partial charge in [-0.2, -0.15) is 0 Å². The molecule has 1 heterocycles. The molecule has 0 spiro atoms. The van der Waals surface area contributed by atoms with E-state index in [0.29, 0.717) is 6.04 Å². The fraction of sp³-hybridized carbons (Fsp3) is 0.600. The van der Waals surface area contributed by atoms with Crippen molar-refractivity contribution >= 4 is 21.6 Å². The summed E-state index contributed by atoms with van der Waals surface area (Å²) in [5.41, 5.74) is 2.14. The number of rotatable bonds is 5. The summed E-state index contributed by atoms with van der Waals surface area (Å²) in [5, 5.41) is 9.19. The van der Waals surface area contributed by atoms with Crippen molar-refractivity contribution in [2.75, 3.05) is 31.6 Å². The molecule has 0 bridgehead atoms. The number of halogens is 1. The fourth-order valence-corrected chi connectivity index (χ4v) is 3.33. The van der Waals surface area contributed by atoms with E-state index in [4.69, 9.17) is 0 Å². The molecule has 1 aliphatic rings. The van der Waals surface area contributed by atoms with E-state index in [1.165, 1.54) is 25.1 Å². The van der Waals surface area contributed by atoms with Crippen LogP contribution >= 0.6 is 15.9 Å². The van der Waals surface area contributed by atoms with Crippen LogP contribution in [0.2, 0.25) is 0 Å². The Balaban J connectivity index is 2.03. The van der Waals surface area contributed by atoms with Crippen LogP contribution in [-0.2, 0) is 6.61 Å². The molecule has 1 saturated heterocycles. The van der Waals surface area contributed by atoms with E-state index >= 15 is 0 Å². The molecule has 0 aromatic heterocycles. The lowest BCUT2D eigenvalue weighted by Gasteiger charge is -2.29. The van der Waals surface area contributed by atoms with Gasteiger partial charge in [0.1, 0.15) is 0 Å². The Kier molecular flexibility index (Phi) is 5.25. The quantitative estimate of drug-likeness (QED) is 0.901. The van der Waals surface area contributed by atoms with Gasteiger partial charge < -0.3 is 10.0 Å². The first-order chi connectivity index (χ1) is 9.15. The van der Waals surface area contributed by atoms with Crippen LogP contribution < -0.4 is 4.90 Å². The van der Waals surface area contributed by atoms with Gasteiger partial charge in [0.2, 0.25) is 0 Å². The third-order valence-corrected chi connectivity index (χ3v) is 4.78. The lowest BCUT2D eigenvalue weighted by Crippen LogP contribution is -2.38. The van der Waals surface area contributed by atoms with E-state index < -0.39 is 0 Å². The first-order valence-corrected chi connectivity index (χ1v) is 7.79. The van der Waals surface area contributed by atoms with Gasteiger partial charge in [0.25, 0.3) is 0 Å². The Bertz CT molecular complexity index is 425. The predicted octanol–water partition coefficient (Wildman–Crippen LogP) is 2.86. The number of benzene rings is 1. The van der Waals surface area contributed by atoms with E-state index in [0.717, 1.165) is 23.1 Å². The SMILES string of the molecule is CCN1CCCC1CN(C)c1ccc(CO)c(Br)c1. The molecule has 0 saturated carbocycles. The molecule has 1 aromatic rings. The number of hydrogen-bond acceptors (Lipinski definition) is 3. The number of aliphatic hydroxyl groups is 1. The van der Waals surface area contributed by atoms with Crippen LogP contribution in [0.25, 0.3) is 0 Å². The van der Waals surface area contributed by atoms with Gasteiger partial charge in [0.05, 0.1) is 6.61 Å². The van der Waals surface area contributed by atoms with Gasteiger partial charge in [0.15, 0.2) is 0 Å². The van der Waals surface area contributed by atoms with Gasteiger partial charge in [-0.1, -0.05) is 28.9 Å². The molecule has 1 unspecified atom stereocenters. The average Bonchev–Trinajstić information content (AvgIpc) is 2.85. The van der Waals surface area contributed by atoms with E-state index in [2.05, 4.69) is 51.8 Å². The highest BCUT2D eigenvalue weighted by atomic mass is 79.9. The van der Waals surface area contributed by atoms with Crippen molar-refractivity contribution in [2.45, 2.75) is 32.4 Å². The molecule has 1 fully saturated rings. The molecule has 4 heteroatoms. The summed E-state index contributed by atoms with van der Waals surface area (Å²) in [4.78, 5) is 4.87. The molecule has 1 aromatic carbocycles. The lowest BCUT2D eigenvalue weighted by atomic mass is 10.1. The van der Waals surface area contributed by atoms with Crippen molar-refractivity contribution in [3.63, 3.8) is 0 Å². The number of anilines is 1. The minimum absolute atomic E-state index is 0.0802. The molecule has 19 heavy (non-hydrogen) atoms. The van der Waals surface area contributed by atoms with Crippen LogP contribution in [0.5, 0.6) is 0 Å². The average molecular weight is 327 g/mol. The van der Waals surface area contributed by atoms with Crippen molar-refractivity contribution < 1.29 is 5.11 Å². The zero-order valence-electron chi connectivity index (χ0n) is 11.8. The zero-order valence-corrected chi connectivity index (χ0v) is 13.4. The summed E-state index contributed by atoms with van der Waals surface area (Å²) in [6.45, 7) is 5.77. The lowest BCUT2D eigenvalue weighted by molar-refractivity contribution is 0.270. The zero-order chi connectivity index (χ0) is 13.8. The second kappa shape index (κ2) is 6.73. The molecule has 0 aliphatic carbocycles. The maximum atomic E-state index is 9.19. The van der Waals surface area contributed by atoms with E-state index in [-0.39, 0.29) is 6.61 Å². The smallest absolute Gasteiger partial charge is 0.0692 e. The Morgan fingerprint density at radius 2 is 2.26 bits per heavy atom. The number of likely N-dealkylation sites (tertiary alicyclic amines) is 1. The molecular weight excluding hydrogens is 304 g/mol. The summed E-state index contributed by atoms with van der Waals surface area (Å²) in [6, 6.07) is 6.84. The predicted molar refractivity (Wildman–Crippen MR) is 83.6 cm³/mol. The number of hydrogen-bond donors (Lipinski definition) is 1. The van der Waals surface area contributed by atoms with E-state index in [1.54, 1.807) is 0 Å². The third kappa shape index (κ3) is 3.50. The molecule has 1 atom stereocenters. The summed E-state index contributed by atoms with van der Waals surface area (Å²) in [6.07, 6.45) is 2.62. The highest BCUT2D eigenvalue weighted by molar-refractivity contribution is 9.10. The summed E-state index contributed by atoms with van der Waals surface area (Å²) < 4.78 is 0.984.